The van der Waals surface area contributed by atoms with Gasteiger partial charge < -0.3 is 9.64 Å². The highest BCUT2D eigenvalue weighted by molar-refractivity contribution is 6.30. The summed E-state index contributed by atoms with van der Waals surface area (Å²) in [5.74, 6) is 0.345. The molecule has 0 aliphatic carbocycles. The average Bonchev–Trinajstić information content (AvgIpc) is 2.53. The van der Waals surface area contributed by atoms with Crippen molar-refractivity contribution in [2.75, 3.05) is 20.2 Å². The van der Waals surface area contributed by atoms with Gasteiger partial charge in [-0.1, -0.05) is 30.6 Å². The van der Waals surface area contributed by atoms with Crippen LogP contribution in [0.1, 0.15) is 26.3 Å². The number of hydrogen-bond acceptors (Lipinski definition) is 5. The van der Waals surface area contributed by atoms with E-state index in [0.29, 0.717) is 29.6 Å². The van der Waals surface area contributed by atoms with Crippen LogP contribution in [-0.4, -0.2) is 41.0 Å². The lowest BCUT2D eigenvalue weighted by molar-refractivity contribution is -0.127. The molecule has 0 saturated carbocycles. The topological polar surface area (TPSA) is 104 Å². The van der Waals surface area contributed by atoms with Crippen LogP contribution >= 0.6 is 11.6 Å². The Morgan fingerprint density at radius 1 is 1.40 bits per heavy atom. The molecule has 9 heteroatoms. The Hall–Kier alpha value is -2.57. The van der Waals surface area contributed by atoms with Crippen LogP contribution < -0.4 is 4.74 Å². The average molecular weight is 363 g/mol. The van der Waals surface area contributed by atoms with Gasteiger partial charge in [-0.15, -0.1) is 0 Å². The molecule has 2 heterocycles. The lowest BCUT2D eigenvalue weighted by Gasteiger charge is -2.21. The molecule has 2 rings (SSSR count). The predicted octanol–water partition coefficient (Wildman–Crippen LogP) is 3.69. The highest BCUT2D eigenvalue weighted by Gasteiger charge is 2.24. The van der Waals surface area contributed by atoms with Gasteiger partial charge in [0.15, 0.2) is 0 Å². The number of rotatable bonds is 6. The molecule has 0 aromatic carbocycles. The third-order valence-corrected chi connectivity index (χ3v) is 4.07. The zero-order valence-corrected chi connectivity index (χ0v) is 15.3. The van der Waals surface area contributed by atoms with Crippen LogP contribution in [0.25, 0.3) is 21.2 Å². The molecule has 0 fully saturated rings. The molecule has 0 atom stereocenters. The Bertz CT molecular complexity index is 848. The zero-order chi connectivity index (χ0) is 18.6. The largest absolute Gasteiger partial charge is 0.475 e. The zero-order valence-electron chi connectivity index (χ0n) is 14.5. The van der Waals surface area contributed by atoms with E-state index in [1.807, 2.05) is 0 Å². The van der Waals surface area contributed by atoms with E-state index >= 15 is 0 Å². The van der Waals surface area contributed by atoms with Crippen LogP contribution in [0.4, 0.5) is 0 Å². The minimum Gasteiger partial charge on any atom is -0.475 e. The molecule has 2 aromatic rings. The van der Waals surface area contributed by atoms with E-state index in [1.54, 1.807) is 44.3 Å². The van der Waals surface area contributed by atoms with Crippen molar-refractivity contribution in [1.82, 2.24) is 14.9 Å². The minimum atomic E-state index is -0.807. The predicted molar refractivity (Wildman–Crippen MR) is 95.5 cm³/mol. The summed E-state index contributed by atoms with van der Waals surface area (Å²) in [6, 6.07) is 1.69. The van der Waals surface area contributed by atoms with Gasteiger partial charge in [0.05, 0.1) is 17.5 Å². The van der Waals surface area contributed by atoms with Gasteiger partial charge in [0.25, 0.3) is 0 Å². The van der Waals surface area contributed by atoms with Crippen LogP contribution in [0, 0.1) is 0 Å². The number of hydrogen-bond donors (Lipinski definition) is 0. The van der Waals surface area contributed by atoms with Crippen molar-refractivity contribution in [2.24, 2.45) is 5.11 Å². The van der Waals surface area contributed by atoms with Gasteiger partial charge in [-0.2, -0.15) is 0 Å². The maximum atomic E-state index is 11.2. The van der Waals surface area contributed by atoms with Crippen molar-refractivity contribution in [3.05, 3.63) is 39.6 Å². The molecule has 0 aliphatic rings. The molecular weight excluding hydrogens is 344 g/mol. The molecule has 0 N–H and O–H groups in total. The van der Waals surface area contributed by atoms with E-state index in [9.17, 15) is 4.79 Å². The standard InChI is InChI=1S/C16H19ClN6O2/c1-10(24)23(4)5-6-25-15-12-8-19-14(17)7-11(12)13(9-20-15)16(2,3)21-22-18/h7-9H,5-6H2,1-4H3. The Labute approximate surface area is 150 Å². The number of azide groups is 1. The molecule has 2 aromatic heterocycles. The molecule has 0 saturated heterocycles. The fourth-order valence-electron chi connectivity index (χ4n) is 2.29. The van der Waals surface area contributed by atoms with Crippen molar-refractivity contribution in [3.63, 3.8) is 0 Å². The van der Waals surface area contributed by atoms with Gasteiger partial charge >= 0.3 is 0 Å². The first-order valence-corrected chi connectivity index (χ1v) is 7.99. The summed E-state index contributed by atoms with van der Waals surface area (Å²) in [4.78, 5) is 24.1. The van der Waals surface area contributed by atoms with Gasteiger partial charge in [-0.05, 0) is 22.5 Å². The summed E-state index contributed by atoms with van der Waals surface area (Å²) in [5, 5.41) is 5.56. The lowest BCUT2D eigenvalue weighted by Crippen LogP contribution is -2.28. The Morgan fingerprint density at radius 2 is 2.12 bits per heavy atom. The van der Waals surface area contributed by atoms with E-state index in [0.717, 1.165) is 10.9 Å². The van der Waals surface area contributed by atoms with Gasteiger partial charge in [0, 0.05) is 31.3 Å². The molecule has 0 bridgehead atoms. The fraction of sp³-hybridized carbons (Fsp3) is 0.438. The van der Waals surface area contributed by atoms with Crippen LogP contribution in [0.5, 0.6) is 5.88 Å². The van der Waals surface area contributed by atoms with Gasteiger partial charge in [-0.3, -0.25) is 4.79 Å². The van der Waals surface area contributed by atoms with Crippen LogP contribution in [0.15, 0.2) is 23.6 Å². The Morgan fingerprint density at radius 3 is 2.76 bits per heavy atom. The molecule has 0 spiro atoms. The number of carbonyl (C=O) groups is 1. The van der Waals surface area contributed by atoms with Crippen LogP contribution in [-0.2, 0) is 10.3 Å². The number of fused-ring (bicyclic) bond motifs is 1. The number of halogens is 1. The van der Waals surface area contributed by atoms with Crippen LogP contribution in [0.3, 0.4) is 0 Å². The number of pyridine rings is 2. The van der Waals surface area contributed by atoms with Crippen molar-refractivity contribution in [2.45, 2.75) is 26.3 Å². The quantitative estimate of drug-likeness (QED) is 0.338. The summed E-state index contributed by atoms with van der Waals surface area (Å²) < 4.78 is 5.72. The maximum absolute atomic E-state index is 11.2. The van der Waals surface area contributed by atoms with E-state index in [-0.39, 0.29) is 5.91 Å². The number of likely N-dealkylation sites (N-methyl/N-ethyl adjacent to an activating group) is 1. The summed E-state index contributed by atoms with van der Waals surface area (Å²) in [6.45, 7) is 5.80. The first kappa shape index (κ1) is 18.8. The van der Waals surface area contributed by atoms with E-state index in [4.69, 9.17) is 21.9 Å². The third kappa shape index (κ3) is 4.29. The molecule has 0 radical (unpaired) electrons. The number of ether oxygens (including phenoxy) is 1. The third-order valence-electron chi connectivity index (χ3n) is 3.86. The van der Waals surface area contributed by atoms with E-state index < -0.39 is 5.54 Å². The molecule has 8 nitrogen and oxygen atoms in total. The normalized spacial score (nSPS) is 11.1. The van der Waals surface area contributed by atoms with Crippen LogP contribution in [0.2, 0.25) is 5.15 Å². The summed E-state index contributed by atoms with van der Waals surface area (Å²) >= 11 is 6.03. The highest BCUT2D eigenvalue weighted by atomic mass is 35.5. The van der Waals surface area contributed by atoms with Crippen molar-refractivity contribution in [1.29, 1.82) is 0 Å². The number of amides is 1. The molecule has 1 amide bonds. The summed E-state index contributed by atoms with van der Waals surface area (Å²) in [5.41, 5.74) is 8.71. The Balaban J connectivity index is 2.41. The monoisotopic (exact) mass is 362 g/mol. The second-order valence-corrected chi connectivity index (χ2v) is 6.45. The van der Waals surface area contributed by atoms with Crippen molar-refractivity contribution in [3.8, 4) is 5.88 Å². The van der Waals surface area contributed by atoms with Crippen molar-refractivity contribution >= 4 is 28.3 Å². The second-order valence-electron chi connectivity index (χ2n) is 6.07. The highest BCUT2D eigenvalue weighted by Crippen LogP contribution is 2.35. The fourth-order valence-corrected chi connectivity index (χ4v) is 2.45. The van der Waals surface area contributed by atoms with E-state index in [1.165, 1.54) is 6.92 Å². The number of aromatic nitrogens is 2. The first-order chi connectivity index (χ1) is 11.8. The van der Waals surface area contributed by atoms with Crippen molar-refractivity contribution < 1.29 is 9.53 Å². The van der Waals surface area contributed by atoms with Gasteiger partial charge in [-0.25, -0.2) is 9.97 Å². The minimum absolute atomic E-state index is 0.0404. The lowest BCUT2D eigenvalue weighted by atomic mass is 9.93. The summed E-state index contributed by atoms with van der Waals surface area (Å²) in [6.07, 6.45) is 3.18. The smallest absolute Gasteiger partial charge is 0.222 e. The SMILES string of the molecule is CC(=O)N(C)CCOc1ncc(C(C)(C)N=[N+]=[N-])c2cc(Cl)ncc12. The van der Waals surface area contributed by atoms with Gasteiger partial charge in [0.2, 0.25) is 11.8 Å². The molecular formula is C16H19ClN6O2. The maximum Gasteiger partial charge on any atom is 0.222 e. The molecule has 0 aliphatic heterocycles. The second kappa shape index (κ2) is 7.55. The summed E-state index contributed by atoms with van der Waals surface area (Å²) in [7, 11) is 1.70. The number of nitrogens with zero attached hydrogens (tertiary/aromatic N) is 6. The molecule has 25 heavy (non-hydrogen) atoms. The first-order valence-electron chi connectivity index (χ1n) is 7.61. The number of carbonyl (C=O) groups excluding carboxylic acids is 1. The Kier molecular flexibility index (Phi) is 5.66. The van der Waals surface area contributed by atoms with Gasteiger partial charge in [0.1, 0.15) is 11.8 Å². The van der Waals surface area contributed by atoms with E-state index in [2.05, 4.69) is 20.0 Å². The molecule has 132 valence electrons. The molecule has 0 unspecified atom stereocenters.